The first kappa shape index (κ1) is 13.8. The van der Waals surface area contributed by atoms with Crippen molar-refractivity contribution in [2.75, 3.05) is 18.6 Å². The van der Waals surface area contributed by atoms with Gasteiger partial charge in [-0.2, -0.15) is 0 Å². The number of amides is 1. The summed E-state index contributed by atoms with van der Waals surface area (Å²) in [5, 5.41) is 0. The second-order valence-electron chi connectivity index (χ2n) is 5.16. The zero-order valence-electron chi connectivity index (χ0n) is 12.1. The van der Waals surface area contributed by atoms with Gasteiger partial charge in [-0.15, -0.1) is 0 Å². The lowest BCUT2D eigenvalue weighted by molar-refractivity contribution is 0.0985. The predicted octanol–water partition coefficient (Wildman–Crippen LogP) is 2.82. The number of fused-ring (bicyclic) bond motifs is 1. The molecule has 0 N–H and O–H groups in total. The molecule has 4 heteroatoms. The van der Waals surface area contributed by atoms with Crippen LogP contribution in [0.2, 0.25) is 0 Å². The van der Waals surface area contributed by atoms with Crippen LogP contribution in [-0.2, 0) is 17.8 Å². The Hall–Kier alpha value is -2.20. The number of aromatic nitrogens is 1. The molecule has 0 saturated carbocycles. The number of ether oxygens (including phenoxy) is 1. The zero-order chi connectivity index (χ0) is 14.7. The van der Waals surface area contributed by atoms with Gasteiger partial charge in [0.1, 0.15) is 0 Å². The first-order chi connectivity index (χ1) is 10.3. The maximum Gasteiger partial charge on any atom is 0.258 e. The molecule has 1 amide bonds. The highest BCUT2D eigenvalue weighted by atomic mass is 16.5. The summed E-state index contributed by atoms with van der Waals surface area (Å²) < 4.78 is 5.09. The highest BCUT2D eigenvalue weighted by molar-refractivity contribution is 6.06. The van der Waals surface area contributed by atoms with Gasteiger partial charge in [-0.1, -0.05) is 12.1 Å². The Morgan fingerprint density at radius 1 is 1.29 bits per heavy atom. The van der Waals surface area contributed by atoms with E-state index in [0.29, 0.717) is 12.2 Å². The van der Waals surface area contributed by atoms with Crippen LogP contribution in [0.25, 0.3) is 0 Å². The first-order valence-corrected chi connectivity index (χ1v) is 7.13. The molecule has 0 fully saturated rings. The molecule has 21 heavy (non-hydrogen) atoms. The van der Waals surface area contributed by atoms with Gasteiger partial charge in [-0.3, -0.25) is 9.78 Å². The Morgan fingerprint density at radius 2 is 2.10 bits per heavy atom. The molecule has 0 aliphatic carbocycles. The standard InChI is InChI=1S/C17H18N2O2/c1-21-12-13-6-8-14(9-7-13)17(20)19-11-3-4-15-16(19)5-2-10-18-15/h2,5-10H,3-4,11-12H2,1H3. The summed E-state index contributed by atoms with van der Waals surface area (Å²) in [4.78, 5) is 18.9. The molecule has 4 nitrogen and oxygen atoms in total. The van der Waals surface area contributed by atoms with Crippen LogP contribution in [0, 0.1) is 0 Å². The molecule has 1 aromatic heterocycles. The summed E-state index contributed by atoms with van der Waals surface area (Å²) in [6.45, 7) is 1.31. The van der Waals surface area contributed by atoms with Gasteiger partial charge >= 0.3 is 0 Å². The lowest BCUT2D eigenvalue weighted by Gasteiger charge is -2.28. The van der Waals surface area contributed by atoms with Crippen molar-refractivity contribution in [1.82, 2.24) is 4.98 Å². The molecule has 3 rings (SSSR count). The van der Waals surface area contributed by atoms with E-state index in [4.69, 9.17) is 4.74 Å². The van der Waals surface area contributed by atoms with Crippen molar-refractivity contribution in [3.8, 4) is 0 Å². The van der Waals surface area contributed by atoms with Crippen molar-refractivity contribution in [3.05, 3.63) is 59.4 Å². The van der Waals surface area contributed by atoms with Crippen LogP contribution in [-0.4, -0.2) is 24.5 Å². The van der Waals surface area contributed by atoms with E-state index in [1.165, 1.54) is 0 Å². The summed E-state index contributed by atoms with van der Waals surface area (Å²) in [5.74, 6) is 0.0351. The SMILES string of the molecule is COCc1ccc(C(=O)N2CCCc3ncccc32)cc1. The van der Waals surface area contributed by atoms with Crippen LogP contribution >= 0.6 is 0 Å². The fourth-order valence-corrected chi connectivity index (χ4v) is 2.67. The van der Waals surface area contributed by atoms with Crippen molar-refractivity contribution in [2.24, 2.45) is 0 Å². The summed E-state index contributed by atoms with van der Waals surface area (Å²) >= 11 is 0. The van der Waals surface area contributed by atoms with Gasteiger partial charge in [-0.25, -0.2) is 0 Å². The number of hydrogen-bond donors (Lipinski definition) is 0. The van der Waals surface area contributed by atoms with Crippen molar-refractivity contribution in [1.29, 1.82) is 0 Å². The second kappa shape index (κ2) is 6.06. The molecular weight excluding hydrogens is 264 g/mol. The molecule has 108 valence electrons. The third kappa shape index (κ3) is 2.81. The minimum Gasteiger partial charge on any atom is -0.380 e. The highest BCUT2D eigenvalue weighted by Gasteiger charge is 2.23. The van der Waals surface area contributed by atoms with Crippen LogP contribution in [0.5, 0.6) is 0 Å². The Labute approximate surface area is 124 Å². The number of pyridine rings is 1. The zero-order valence-corrected chi connectivity index (χ0v) is 12.1. The maximum atomic E-state index is 12.7. The number of rotatable bonds is 3. The van der Waals surface area contributed by atoms with Gasteiger partial charge < -0.3 is 9.64 Å². The Morgan fingerprint density at radius 3 is 2.86 bits per heavy atom. The van der Waals surface area contributed by atoms with Gasteiger partial charge in [0, 0.05) is 25.4 Å². The average Bonchev–Trinajstić information content (AvgIpc) is 2.55. The smallest absolute Gasteiger partial charge is 0.258 e. The van der Waals surface area contributed by atoms with Crippen molar-refractivity contribution in [2.45, 2.75) is 19.4 Å². The van der Waals surface area contributed by atoms with Crippen LogP contribution in [0.15, 0.2) is 42.6 Å². The molecule has 1 aliphatic rings. The Kier molecular flexibility index (Phi) is 3.97. The van der Waals surface area contributed by atoms with Crippen molar-refractivity contribution in [3.63, 3.8) is 0 Å². The number of aryl methyl sites for hydroxylation is 1. The van der Waals surface area contributed by atoms with Gasteiger partial charge in [-0.05, 0) is 42.7 Å². The van der Waals surface area contributed by atoms with E-state index < -0.39 is 0 Å². The number of methoxy groups -OCH3 is 1. The largest absolute Gasteiger partial charge is 0.380 e. The van der Waals surface area contributed by atoms with Crippen LogP contribution < -0.4 is 4.90 Å². The average molecular weight is 282 g/mol. The van der Waals surface area contributed by atoms with Crippen LogP contribution in [0.4, 0.5) is 5.69 Å². The third-order valence-corrected chi connectivity index (χ3v) is 3.71. The highest BCUT2D eigenvalue weighted by Crippen LogP contribution is 2.26. The van der Waals surface area contributed by atoms with E-state index in [1.54, 1.807) is 13.3 Å². The first-order valence-electron chi connectivity index (χ1n) is 7.13. The van der Waals surface area contributed by atoms with Gasteiger partial charge in [0.15, 0.2) is 0 Å². The summed E-state index contributed by atoms with van der Waals surface area (Å²) in [7, 11) is 1.66. The quantitative estimate of drug-likeness (QED) is 0.869. The Balaban J connectivity index is 1.86. The van der Waals surface area contributed by atoms with Crippen molar-refractivity contribution < 1.29 is 9.53 Å². The summed E-state index contributed by atoms with van der Waals surface area (Å²) in [6, 6.07) is 11.4. The molecule has 0 bridgehead atoms. The minimum atomic E-state index is 0.0351. The molecule has 0 radical (unpaired) electrons. The summed E-state index contributed by atoms with van der Waals surface area (Å²) in [5.41, 5.74) is 3.71. The fraction of sp³-hybridized carbons (Fsp3) is 0.294. The molecule has 0 spiro atoms. The van der Waals surface area contributed by atoms with Gasteiger partial charge in [0.2, 0.25) is 0 Å². The van der Waals surface area contributed by atoms with Crippen molar-refractivity contribution >= 4 is 11.6 Å². The van der Waals surface area contributed by atoms with Crippen LogP contribution in [0.3, 0.4) is 0 Å². The molecule has 0 atom stereocenters. The van der Waals surface area contributed by atoms with E-state index in [2.05, 4.69) is 4.98 Å². The van der Waals surface area contributed by atoms with E-state index in [9.17, 15) is 4.79 Å². The second-order valence-corrected chi connectivity index (χ2v) is 5.16. The molecular formula is C17H18N2O2. The third-order valence-electron chi connectivity index (χ3n) is 3.71. The fourth-order valence-electron chi connectivity index (χ4n) is 2.67. The maximum absolute atomic E-state index is 12.7. The number of carbonyl (C=O) groups is 1. The number of carbonyl (C=O) groups excluding carboxylic acids is 1. The lowest BCUT2D eigenvalue weighted by atomic mass is 10.1. The number of anilines is 1. The summed E-state index contributed by atoms with van der Waals surface area (Å²) in [6.07, 6.45) is 3.68. The molecule has 1 aromatic carbocycles. The topological polar surface area (TPSA) is 42.4 Å². The van der Waals surface area contributed by atoms with E-state index >= 15 is 0 Å². The van der Waals surface area contributed by atoms with E-state index in [1.807, 2.05) is 41.3 Å². The van der Waals surface area contributed by atoms with Gasteiger partial charge in [0.05, 0.1) is 18.0 Å². The molecule has 0 unspecified atom stereocenters. The normalized spacial score (nSPS) is 13.9. The molecule has 2 aromatic rings. The van der Waals surface area contributed by atoms with E-state index in [-0.39, 0.29) is 5.91 Å². The van der Waals surface area contributed by atoms with Gasteiger partial charge in [0.25, 0.3) is 5.91 Å². The predicted molar refractivity (Wildman–Crippen MR) is 81.4 cm³/mol. The number of hydrogen-bond acceptors (Lipinski definition) is 3. The monoisotopic (exact) mass is 282 g/mol. The molecule has 1 aliphatic heterocycles. The number of nitrogens with zero attached hydrogens (tertiary/aromatic N) is 2. The Bertz CT molecular complexity index is 637. The minimum absolute atomic E-state index is 0.0351. The van der Waals surface area contributed by atoms with E-state index in [0.717, 1.165) is 36.3 Å². The number of benzene rings is 1. The molecule has 2 heterocycles. The lowest BCUT2D eigenvalue weighted by Crippen LogP contribution is -2.35. The molecule has 0 saturated heterocycles. The van der Waals surface area contributed by atoms with Crippen LogP contribution in [0.1, 0.15) is 28.0 Å².